The van der Waals surface area contributed by atoms with Gasteiger partial charge in [0.05, 0.1) is 11.7 Å². The van der Waals surface area contributed by atoms with Crippen LogP contribution in [0.5, 0.6) is 5.88 Å². The van der Waals surface area contributed by atoms with E-state index >= 15 is 0 Å². The number of hydrogen-bond acceptors (Lipinski definition) is 5. The van der Waals surface area contributed by atoms with Gasteiger partial charge >= 0.3 is 0 Å². The summed E-state index contributed by atoms with van der Waals surface area (Å²) < 4.78 is 8.59. The molecule has 3 rings (SSSR count). The van der Waals surface area contributed by atoms with Gasteiger partial charge in [0.25, 0.3) is 0 Å². The first-order chi connectivity index (χ1) is 8.25. The van der Waals surface area contributed by atoms with Gasteiger partial charge in [0.2, 0.25) is 5.88 Å². The smallest absolute Gasteiger partial charge is 0.211 e. The molecule has 0 aliphatic rings. The van der Waals surface area contributed by atoms with Crippen LogP contribution in [-0.4, -0.2) is 18.8 Å². The average molecular weight is 243 g/mol. The number of aryl methyl sites for hydroxylation is 1. The predicted octanol–water partition coefficient (Wildman–Crippen LogP) is 2.77. The first kappa shape index (κ1) is 10.2. The highest BCUT2D eigenvalue weighted by Gasteiger charge is 2.10. The Morgan fingerprint density at radius 3 is 2.76 bits per heavy atom. The van der Waals surface area contributed by atoms with Crippen molar-refractivity contribution in [3.8, 4) is 17.0 Å². The normalized spacial score (nSPS) is 10.9. The molecule has 0 saturated carbocycles. The number of pyridine rings is 1. The van der Waals surface area contributed by atoms with E-state index in [0.29, 0.717) is 0 Å². The second-order valence-corrected chi connectivity index (χ2v) is 4.32. The minimum atomic E-state index is 0.0133. The molecule has 0 spiro atoms. The second-order valence-electron chi connectivity index (χ2n) is 3.79. The summed E-state index contributed by atoms with van der Waals surface area (Å²) in [5, 5.41) is 9.41. The quantitative estimate of drug-likeness (QED) is 0.714. The van der Waals surface area contributed by atoms with Gasteiger partial charge in [0, 0.05) is 17.8 Å². The van der Waals surface area contributed by atoms with Crippen LogP contribution < -0.4 is 0 Å². The Kier molecular flexibility index (Phi) is 2.26. The van der Waals surface area contributed by atoms with Crippen molar-refractivity contribution in [1.29, 1.82) is 0 Å². The van der Waals surface area contributed by atoms with Gasteiger partial charge in [-0.05, 0) is 24.1 Å². The summed E-state index contributed by atoms with van der Waals surface area (Å²) in [6.45, 7) is 2.01. The third kappa shape index (κ3) is 1.64. The van der Waals surface area contributed by atoms with Crippen molar-refractivity contribution in [2.45, 2.75) is 6.92 Å². The molecular formula is C12H9N3OS. The van der Waals surface area contributed by atoms with Crippen molar-refractivity contribution >= 4 is 22.8 Å². The van der Waals surface area contributed by atoms with Gasteiger partial charge in [-0.25, -0.2) is 4.98 Å². The van der Waals surface area contributed by atoms with Crippen molar-refractivity contribution in [3.63, 3.8) is 0 Å². The number of benzene rings is 1. The van der Waals surface area contributed by atoms with E-state index in [4.69, 9.17) is 0 Å². The van der Waals surface area contributed by atoms with Crippen LogP contribution in [-0.2, 0) is 0 Å². The molecule has 0 aliphatic heterocycles. The Bertz CT molecular complexity index is 693. The van der Waals surface area contributed by atoms with E-state index < -0.39 is 0 Å². The van der Waals surface area contributed by atoms with Gasteiger partial charge in [-0.2, -0.15) is 8.75 Å². The van der Waals surface area contributed by atoms with E-state index in [2.05, 4.69) is 13.7 Å². The highest BCUT2D eigenvalue weighted by molar-refractivity contribution is 7.00. The van der Waals surface area contributed by atoms with Gasteiger partial charge in [0.1, 0.15) is 11.0 Å². The SMILES string of the molecule is Cc1ccc(-c2ccnc(O)c2)c2nsnc12. The van der Waals surface area contributed by atoms with E-state index in [1.54, 1.807) is 12.3 Å². The molecule has 0 amide bonds. The van der Waals surface area contributed by atoms with Crippen LogP contribution in [0.2, 0.25) is 0 Å². The minimum absolute atomic E-state index is 0.0133. The van der Waals surface area contributed by atoms with Crippen LogP contribution in [0.3, 0.4) is 0 Å². The standard InChI is InChI=1S/C12H9N3OS/c1-7-2-3-9(12-11(7)14-17-15-12)8-4-5-13-10(16)6-8/h2-6H,1H3,(H,13,16). The third-order valence-corrected chi connectivity index (χ3v) is 3.20. The molecule has 1 N–H and O–H groups in total. The Balaban J connectivity index is 2.31. The maximum Gasteiger partial charge on any atom is 0.211 e. The van der Waals surface area contributed by atoms with Gasteiger partial charge in [-0.3, -0.25) is 0 Å². The maximum absolute atomic E-state index is 9.41. The van der Waals surface area contributed by atoms with Gasteiger partial charge < -0.3 is 5.11 Å². The Morgan fingerprint density at radius 1 is 1.12 bits per heavy atom. The Labute approximate surface area is 102 Å². The number of aromatic nitrogens is 3. The number of aromatic hydroxyl groups is 1. The summed E-state index contributed by atoms with van der Waals surface area (Å²) in [6.07, 6.45) is 1.58. The van der Waals surface area contributed by atoms with Crippen LogP contribution in [0.4, 0.5) is 0 Å². The topological polar surface area (TPSA) is 58.9 Å². The van der Waals surface area contributed by atoms with Crippen molar-refractivity contribution in [2.75, 3.05) is 0 Å². The number of fused-ring (bicyclic) bond motifs is 1. The fourth-order valence-corrected chi connectivity index (χ4v) is 2.43. The first-order valence-corrected chi connectivity index (χ1v) is 5.86. The lowest BCUT2D eigenvalue weighted by atomic mass is 10.0. The maximum atomic E-state index is 9.41. The Morgan fingerprint density at radius 2 is 1.94 bits per heavy atom. The van der Waals surface area contributed by atoms with E-state index in [0.717, 1.165) is 27.7 Å². The molecule has 0 saturated heterocycles. The van der Waals surface area contributed by atoms with Crippen LogP contribution in [0.25, 0.3) is 22.2 Å². The first-order valence-electron chi connectivity index (χ1n) is 5.13. The van der Waals surface area contributed by atoms with Crippen LogP contribution in [0.15, 0.2) is 30.5 Å². The molecule has 5 heteroatoms. The fraction of sp³-hybridized carbons (Fsp3) is 0.0833. The molecule has 0 unspecified atom stereocenters. The molecule has 3 aromatic rings. The van der Waals surface area contributed by atoms with Crippen LogP contribution in [0.1, 0.15) is 5.56 Å². The molecule has 0 bridgehead atoms. The van der Waals surface area contributed by atoms with Crippen molar-refractivity contribution in [1.82, 2.24) is 13.7 Å². The zero-order valence-corrected chi connectivity index (χ0v) is 9.90. The zero-order chi connectivity index (χ0) is 11.8. The molecule has 84 valence electrons. The number of rotatable bonds is 1. The average Bonchev–Trinajstić information content (AvgIpc) is 2.79. The lowest BCUT2D eigenvalue weighted by Gasteiger charge is -2.03. The lowest BCUT2D eigenvalue weighted by Crippen LogP contribution is -1.84. The fourth-order valence-electron chi connectivity index (χ4n) is 1.81. The predicted molar refractivity (Wildman–Crippen MR) is 67.0 cm³/mol. The molecular weight excluding hydrogens is 234 g/mol. The highest BCUT2D eigenvalue weighted by Crippen LogP contribution is 2.30. The van der Waals surface area contributed by atoms with Crippen molar-refractivity contribution in [3.05, 3.63) is 36.0 Å². The van der Waals surface area contributed by atoms with Gasteiger partial charge in [0.15, 0.2) is 0 Å². The lowest BCUT2D eigenvalue weighted by molar-refractivity contribution is 0.454. The van der Waals surface area contributed by atoms with Gasteiger partial charge in [-0.15, -0.1) is 0 Å². The summed E-state index contributed by atoms with van der Waals surface area (Å²) in [5.41, 5.74) is 4.77. The molecule has 0 fully saturated rings. The monoisotopic (exact) mass is 243 g/mol. The summed E-state index contributed by atoms with van der Waals surface area (Å²) in [7, 11) is 0. The van der Waals surface area contributed by atoms with E-state index in [1.165, 1.54) is 11.7 Å². The molecule has 0 aliphatic carbocycles. The molecule has 0 radical (unpaired) electrons. The third-order valence-electron chi connectivity index (χ3n) is 2.67. The second kappa shape index (κ2) is 3.78. The van der Waals surface area contributed by atoms with E-state index in [1.807, 2.05) is 25.1 Å². The highest BCUT2D eigenvalue weighted by atomic mass is 32.1. The van der Waals surface area contributed by atoms with E-state index in [9.17, 15) is 5.11 Å². The summed E-state index contributed by atoms with van der Waals surface area (Å²) in [6, 6.07) is 7.48. The van der Waals surface area contributed by atoms with Crippen molar-refractivity contribution < 1.29 is 5.11 Å². The molecule has 2 heterocycles. The number of nitrogens with zero attached hydrogens (tertiary/aromatic N) is 3. The summed E-state index contributed by atoms with van der Waals surface area (Å²) >= 11 is 1.20. The zero-order valence-electron chi connectivity index (χ0n) is 9.08. The van der Waals surface area contributed by atoms with Gasteiger partial charge in [-0.1, -0.05) is 12.1 Å². The Hall–Kier alpha value is -2.01. The van der Waals surface area contributed by atoms with Crippen LogP contribution in [0, 0.1) is 6.92 Å². The minimum Gasteiger partial charge on any atom is -0.493 e. The summed E-state index contributed by atoms with van der Waals surface area (Å²) in [4.78, 5) is 3.77. The van der Waals surface area contributed by atoms with Crippen molar-refractivity contribution in [2.24, 2.45) is 0 Å². The molecule has 17 heavy (non-hydrogen) atoms. The summed E-state index contributed by atoms with van der Waals surface area (Å²) in [5.74, 6) is 0.0133. The molecule has 2 aromatic heterocycles. The van der Waals surface area contributed by atoms with Crippen LogP contribution >= 0.6 is 11.7 Å². The molecule has 4 nitrogen and oxygen atoms in total. The molecule has 1 aromatic carbocycles. The number of hydrogen-bond donors (Lipinski definition) is 1. The molecule has 0 atom stereocenters. The largest absolute Gasteiger partial charge is 0.493 e. The van der Waals surface area contributed by atoms with E-state index in [-0.39, 0.29) is 5.88 Å².